The first-order chi connectivity index (χ1) is 10.5. The van der Waals surface area contributed by atoms with Gasteiger partial charge in [-0.15, -0.1) is 0 Å². The maximum absolute atomic E-state index is 12.5. The van der Waals surface area contributed by atoms with E-state index in [1.807, 2.05) is 25.1 Å². The second-order valence-corrected chi connectivity index (χ2v) is 5.89. The Morgan fingerprint density at radius 2 is 2.27 bits per heavy atom. The second-order valence-electron chi connectivity index (χ2n) is 4.97. The van der Waals surface area contributed by atoms with Crippen molar-refractivity contribution in [1.82, 2.24) is 9.80 Å². The van der Waals surface area contributed by atoms with Gasteiger partial charge < -0.3 is 14.5 Å². The van der Waals surface area contributed by atoms with Gasteiger partial charge in [-0.2, -0.15) is 0 Å². The topological polar surface area (TPSA) is 49.9 Å². The summed E-state index contributed by atoms with van der Waals surface area (Å²) in [4.78, 5) is 27.3. The van der Waals surface area contributed by atoms with E-state index in [2.05, 4.69) is 22.5 Å². The maximum Gasteiger partial charge on any atom is 0.246 e. The Kier molecular flexibility index (Phi) is 5.60. The molecule has 1 aliphatic rings. The number of carbonyl (C=O) groups excluding carboxylic acids is 2. The van der Waals surface area contributed by atoms with Gasteiger partial charge in [0.15, 0.2) is 0 Å². The van der Waals surface area contributed by atoms with E-state index >= 15 is 0 Å². The van der Waals surface area contributed by atoms with Gasteiger partial charge in [0.05, 0.1) is 6.54 Å². The Morgan fingerprint density at radius 3 is 2.95 bits per heavy atom. The predicted molar refractivity (Wildman–Crippen MR) is 87.5 cm³/mol. The van der Waals surface area contributed by atoms with Crippen molar-refractivity contribution in [2.75, 3.05) is 26.2 Å². The van der Waals surface area contributed by atoms with Crippen LogP contribution in [0.3, 0.4) is 0 Å². The molecular formula is C16H19BrN2O3. The molecule has 0 N–H and O–H groups in total. The van der Waals surface area contributed by atoms with E-state index in [1.54, 1.807) is 4.90 Å². The fourth-order valence-corrected chi connectivity index (χ4v) is 2.63. The van der Waals surface area contributed by atoms with Gasteiger partial charge in [0, 0.05) is 23.1 Å². The van der Waals surface area contributed by atoms with E-state index < -0.39 is 0 Å². The van der Waals surface area contributed by atoms with Crippen LogP contribution in [-0.2, 0) is 16.1 Å². The summed E-state index contributed by atoms with van der Waals surface area (Å²) < 4.78 is 6.63. The molecule has 1 aromatic rings. The fraction of sp³-hybridized carbons (Fsp3) is 0.375. The van der Waals surface area contributed by atoms with Crippen molar-refractivity contribution in [3.63, 3.8) is 0 Å². The molecule has 2 amide bonds. The number of likely N-dealkylation sites (N-methyl/N-ethyl adjacent to an activating group) is 1. The first-order valence-corrected chi connectivity index (χ1v) is 7.94. The number of fused-ring (bicyclic) bond motifs is 1. The van der Waals surface area contributed by atoms with Gasteiger partial charge in [0.2, 0.25) is 11.8 Å². The molecule has 22 heavy (non-hydrogen) atoms. The van der Waals surface area contributed by atoms with Gasteiger partial charge in [0.25, 0.3) is 0 Å². The Balaban J connectivity index is 2.09. The average Bonchev–Trinajstić information content (AvgIpc) is 2.73. The maximum atomic E-state index is 12.5. The highest BCUT2D eigenvalue weighted by atomic mass is 79.9. The monoisotopic (exact) mass is 366 g/mol. The molecular weight excluding hydrogens is 348 g/mol. The Hall–Kier alpha value is -1.82. The number of halogens is 1. The molecule has 6 heteroatoms. The SMILES string of the molecule is C=CC(=O)N(CC)CC(=O)N1CCOc2cc(Br)ccc2C1. The Bertz CT molecular complexity index is 589. The number of hydrogen-bond donors (Lipinski definition) is 0. The van der Waals surface area contributed by atoms with Crippen LogP contribution < -0.4 is 4.74 Å². The molecule has 0 saturated carbocycles. The number of hydrogen-bond acceptors (Lipinski definition) is 3. The predicted octanol–water partition coefficient (Wildman–Crippen LogP) is 2.20. The zero-order chi connectivity index (χ0) is 16.1. The third-order valence-corrected chi connectivity index (χ3v) is 4.05. The van der Waals surface area contributed by atoms with Crippen LogP contribution in [-0.4, -0.2) is 47.9 Å². The van der Waals surface area contributed by atoms with Crippen LogP contribution in [0, 0.1) is 0 Å². The number of amides is 2. The Labute approximate surface area is 138 Å². The van der Waals surface area contributed by atoms with E-state index in [0.717, 1.165) is 15.8 Å². The third-order valence-electron chi connectivity index (χ3n) is 3.56. The highest BCUT2D eigenvalue weighted by Gasteiger charge is 2.22. The van der Waals surface area contributed by atoms with E-state index in [1.165, 1.54) is 11.0 Å². The van der Waals surface area contributed by atoms with Crippen LogP contribution >= 0.6 is 15.9 Å². The van der Waals surface area contributed by atoms with Crippen LogP contribution in [0.4, 0.5) is 0 Å². The first-order valence-electron chi connectivity index (χ1n) is 7.15. The number of carbonyl (C=O) groups is 2. The molecule has 1 heterocycles. The summed E-state index contributed by atoms with van der Waals surface area (Å²) in [7, 11) is 0. The first kappa shape index (κ1) is 16.5. The lowest BCUT2D eigenvalue weighted by atomic mass is 10.2. The number of nitrogens with zero attached hydrogens (tertiary/aromatic N) is 2. The summed E-state index contributed by atoms with van der Waals surface area (Å²) in [5.74, 6) is 0.474. The summed E-state index contributed by atoms with van der Waals surface area (Å²) >= 11 is 3.41. The smallest absolute Gasteiger partial charge is 0.246 e. The van der Waals surface area contributed by atoms with Crippen molar-refractivity contribution in [3.05, 3.63) is 40.9 Å². The van der Waals surface area contributed by atoms with Gasteiger partial charge >= 0.3 is 0 Å². The highest BCUT2D eigenvalue weighted by molar-refractivity contribution is 9.10. The third kappa shape index (κ3) is 3.88. The largest absolute Gasteiger partial charge is 0.491 e. The van der Waals surface area contributed by atoms with Crippen molar-refractivity contribution in [2.45, 2.75) is 13.5 Å². The molecule has 0 spiro atoms. The minimum Gasteiger partial charge on any atom is -0.491 e. The zero-order valence-corrected chi connectivity index (χ0v) is 14.1. The summed E-state index contributed by atoms with van der Waals surface area (Å²) in [5, 5.41) is 0. The molecule has 0 atom stereocenters. The van der Waals surface area contributed by atoms with Crippen LogP contribution in [0.25, 0.3) is 0 Å². The molecule has 0 unspecified atom stereocenters. The molecule has 1 aliphatic heterocycles. The van der Waals surface area contributed by atoms with Crippen molar-refractivity contribution in [2.24, 2.45) is 0 Å². The summed E-state index contributed by atoms with van der Waals surface area (Å²) in [5.41, 5.74) is 0.965. The Morgan fingerprint density at radius 1 is 1.50 bits per heavy atom. The van der Waals surface area contributed by atoms with Crippen molar-refractivity contribution in [3.8, 4) is 5.75 Å². The van der Waals surface area contributed by atoms with E-state index in [-0.39, 0.29) is 18.4 Å². The van der Waals surface area contributed by atoms with Crippen molar-refractivity contribution >= 4 is 27.7 Å². The molecule has 0 aliphatic carbocycles. The van der Waals surface area contributed by atoms with Crippen LogP contribution in [0.1, 0.15) is 12.5 Å². The molecule has 1 aromatic carbocycles. The zero-order valence-electron chi connectivity index (χ0n) is 12.5. The summed E-state index contributed by atoms with van der Waals surface area (Å²) in [6.07, 6.45) is 1.23. The number of benzene rings is 1. The minimum atomic E-state index is -0.230. The van der Waals surface area contributed by atoms with Gasteiger partial charge in [-0.05, 0) is 25.1 Å². The molecule has 118 valence electrons. The van der Waals surface area contributed by atoms with E-state index in [0.29, 0.717) is 26.2 Å². The molecule has 5 nitrogen and oxygen atoms in total. The van der Waals surface area contributed by atoms with Gasteiger partial charge in [-0.3, -0.25) is 9.59 Å². The van der Waals surface area contributed by atoms with Gasteiger partial charge in [-0.25, -0.2) is 0 Å². The lowest BCUT2D eigenvalue weighted by molar-refractivity contribution is -0.138. The van der Waals surface area contributed by atoms with Crippen molar-refractivity contribution < 1.29 is 14.3 Å². The summed E-state index contributed by atoms with van der Waals surface area (Å²) in [6.45, 7) is 7.27. The molecule has 0 saturated heterocycles. The van der Waals surface area contributed by atoms with E-state index in [4.69, 9.17) is 4.74 Å². The standard InChI is InChI=1S/C16H19BrN2O3/c1-3-15(20)18(4-2)11-16(21)19-7-8-22-14-9-13(17)6-5-12(14)10-19/h3,5-6,9H,1,4,7-8,10-11H2,2H3. The van der Waals surface area contributed by atoms with Crippen LogP contribution in [0.5, 0.6) is 5.75 Å². The van der Waals surface area contributed by atoms with Gasteiger partial charge in [-0.1, -0.05) is 28.6 Å². The molecule has 0 radical (unpaired) electrons. The number of rotatable bonds is 4. The highest BCUT2D eigenvalue weighted by Crippen LogP contribution is 2.26. The lowest BCUT2D eigenvalue weighted by Crippen LogP contribution is -2.42. The quantitative estimate of drug-likeness (QED) is 0.767. The normalized spacial score (nSPS) is 13.6. The fourth-order valence-electron chi connectivity index (χ4n) is 2.29. The second kappa shape index (κ2) is 7.45. The molecule has 0 bridgehead atoms. The minimum absolute atomic E-state index is 0.0627. The molecule has 2 rings (SSSR count). The lowest BCUT2D eigenvalue weighted by Gasteiger charge is -2.24. The molecule has 0 aromatic heterocycles. The average molecular weight is 367 g/mol. The van der Waals surface area contributed by atoms with E-state index in [9.17, 15) is 9.59 Å². The summed E-state index contributed by atoms with van der Waals surface area (Å²) in [6, 6.07) is 5.77. The van der Waals surface area contributed by atoms with Crippen molar-refractivity contribution in [1.29, 1.82) is 0 Å². The number of ether oxygens (including phenoxy) is 1. The van der Waals surface area contributed by atoms with Crippen LogP contribution in [0.2, 0.25) is 0 Å². The van der Waals surface area contributed by atoms with Gasteiger partial charge in [0.1, 0.15) is 18.9 Å². The van der Waals surface area contributed by atoms with Crippen LogP contribution in [0.15, 0.2) is 35.3 Å². The molecule has 0 fully saturated rings.